The van der Waals surface area contributed by atoms with Crippen LogP contribution >= 0.6 is 0 Å². The summed E-state index contributed by atoms with van der Waals surface area (Å²) in [6.07, 6.45) is 6.13. The number of hydrogen-bond donors (Lipinski definition) is 4. The van der Waals surface area contributed by atoms with Gasteiger partial charge in [0, 0.05) is 13.2 Å². The van der Waals surface area contributed by atoms with Gasteiger partial charge in [-0.2, -0.15) is 0 Å². The lowest BCUT2D eigenvalue weighted by atomic mass is 10.1. The lowest BCUT2D eigenvalue weighted by Gasteiger charge is -2.11. The zero-order valence-corrected chi connectivity index (χ0v) is 12.1. The first-order chi connectivity index (χ1) is 9.20. The topological polar surface area (TPSA) is 102 Å². The third kappa shape index (κ3) is 14.0. The van der Waals surface area contributed by atoms with Crippen LogP contribution in [0.15, 0.2) is 0 Å². The number of rotatable bonds is 14. The van der Waals surface area contributed by atoms with E-state index in [2.05, 4.69) is 0 Å². The summed E-state index contributed by atoms with van der Waals surface area (Å²) in [4.78, 5) is 0. The summed E-state index contributed by atoms with van der Waals surface area (Å²) >= 11 is 0. The summed E-state index contributed by atoms with van der Waals surface area (Å²) < 4.78 is 5.47. The molecule has 0 aliphatic heterocycles. The summed E-state index contributed by atoms with van der Waals surface area (Å²) in [6, 6.07) is 0. The maximum Gasteiger partial charge on any atom is 0.0541 e. The van der Waals surface area contributed by atoms with E-state index in [9.17, 15) is 10.2 Å². The van der Waals surface area contributed by atoms with Crippen LogP contribution in [-0.4, -0.2) is 48.7 Å². The molecule has 5 heteroatoms. The molecule has 2 atom stereocenters. The van der Waals surface area contributed by atoms with Gasteiger partial charge in [-0.05, 0) is 64.5 Å². The highest BCUT2D eigenvalue weighted by Crippen LogP contribution is 2.06. The van der Waals surface area contributed by atoms with Crippen molar-refractivity contribution in [2.24, 2.45) is 11.5 Å². The van der Waals surface area contributed by atoms with E-state index in [0.717, 1.165) is 51.4 Å². The van der Waals surface area contributed by atoms with E-state index in [0.29, 0.717) is 26.3 Å². The van der Waals surface area contributed by atoms with Gasteiger partial charge >= 0.3 is 0 Å². The fraction of sp³-hybridized carbons (Fsp3) is 1.00. The van der Waals surface area contributed by atoms with Crippen LogP contribution in [-0.2, 0) is 4.74 Å². The molecule has 0 spiro atoms. The molecule has 0 saturated carbocycles. The summed E-state index contributed by atoms with van der Waals surface area (Å²) in [5, 5.41) is 19.2. The number of ether oxygens (including phenoxy) is 1. The molecule has 0 rings (SSSR count). The predicted molar refractivity (Wildman–Crippen MR) is 77.9 cm³/mol. The van der Waals surface area contributed by atoms with Crippen LogP contribution < -0.4 is 11.5 Å². The van der Waals surface area contributed by atoms with Gasteiger partial charge in [-0.3, -0.25) is 0 Å². The quantitative estimate of drug-likeness (QED) is 0.351. The fourth-order valence-corrected chi connectivity index (χ4v) is 1.94. The molecule has 19 heavy (non-hydrogen) atoms. The second-order valence-corrected chi connectivity index (χ2v) is 5.07. The third-order valence-corrected chi connectivity index (χ3v) is 3.13. The Hall–Kier alpha value is -0.200. The normalized spacial score (nSPS) is 14.5. The Balaban J connectivity index is 3.18. The molecule has 0 aliphatic rings. The molecule has 0 heterocycles. The molecule has 0 fully saturated rings. The van der Waals surface area contributed by atoms with Gasteiger partial charge in [0.2, 0.25) is 0 Å². The lowest BCUT2D eigenvalue weighted by molar-refractivity contribution is 0.0877. The van der Waals surface area contributed by atoms with Gasteiger partial charge in [-0.1, -0.05) is 0 Å². The van der Waals surface area contributed by atoms with E-state index in [1.165, 1.54) is 0 Å². The van der Waals surface area contributed by atoms with Crippen molar-refractivity contribution >= 4 is 0 Å². The highest BCUT2D eigenvalue weighted by molar-refractivity contribution is 4.57. The summed E-state index contributed by atoms with van der Waals surface area (Å²) in [6.45, 7) is 2.64. The Morgan fingerprint density at radius 3 is 1.42 bits per heavy atom. The van der Waals surface area contributed by atoms with Crippen molar-refractivity contribution in [3.63, 3.8) is 0 Å². The minimum absolute atomic E-state index is 0.245. The molecular formula is C14H32N2O3. The molecule has 2 unspecified atom stereocenters. The van der Waals surface area contributed by atoms with Crippen molar-refractivity contribution in [1.29, 1.82) is 0 Å². The Bertz CT molecular complexity index is 164. The zero-order chi connectivity index (χ0) is 14.3. The molecule has 5 nitrogen and oxygen atoms in total. The monoisotopic (exact) mass is 276 g/mol. The van der Waals surface area contributed by atoms with Crippen molar-refractivity contribution in [2.75, 3.05) is 26.3 Å². The van der Waals surface area contributed by atoms with Crippen LogP contribution in [0.5, 0.6) is 0 Å². The Labute approximate surface area is 117 Å². The van der Waals surface area contributed by atoms with Gasteiger partial charge < -0.3 is 26.4 Å². The molecule has 0 radical (unpaired) electrons. The number of nitrogens with two attached hydrogens (primary N) is 2. The van der Waals surface area contributed by atoms with Gasteiger partial charge in [-0.15, -0.1) is 0 Å². The highest BCUT2D eigenvalue weighted by atomic mass is 16.5. The molecule has 0 saturated heterocycles. The van der Waals surface area contributed by atoms with Crippen LogP contribution in [0.25, 0.3) is 0 Å². The van der Waals surface area contributed by atoms with Crippen molar-refractivity contribution < 1.29 is 14.9 Å². The molecule has 0 amide bonds. The van der Waals surface area contributed by atoms with E-state index in [1.807, 2.05) is 0 Å². The van der Waals surface area contributed by atoms with Crippen LogP contribution in [0, 0.1) is 0 Å². The maximum absolute atomic E-state index is 9.58. The van der Waals surface area contributed by atoms with Crippen molar-refractivity contribution in [2.45, 2.75) is 63.6 Å². The smallest absolute Gasteiger partial charge is 0.0541 e. The fourth-order valence-electron chi connectivity index (χ4n) is 1.94. The van der Waals surface area contributed by atoms with Crippen molar-refractivity contribution in [3.05, 3.63) is 0 Å². The molecule has 0 aromatic carbocycles. The second kappa shape index (κ2) is 14.2. The van der Waals surface area contributed by atoms with E-state index < -0.39 is 0 Å². The molecule has 0 aromatic heterocycles. The number of hydrogen-bond acceptors (Lipinski definition) is 5. The van der Waals surface area contributed by atoms with E-state index in [1.54, 1.807) is 0 Å². The minimum atomic E-state index is -0.245. The van der Waals surface area contributed by atoms with Crippen LogP contribution in [0.4, 0.5) is 0 Å². The van der Waals surface area contributed by atoms with E-state index >= 15 is 0 Å². The average molecular weight is 276 g/mol. The molecule has 0 aliphatic carbocycles. The summed E-state index contributed by atoms with van der Waals surface area (Å²) in [7, 11) is 0. The summed E-state index contributed by atoms with van der Waals surface area (Å²) in [5.41, 5.74) is 10.8. The Morgan fingerprint density at radius 2 is 1.05 bits per heavy atom. The largest absolute Gasteiger partial charge is 0.393 e. The minimum Gasteiger partial charge on any atom is -0.393 e. The Kier molecular flexibility index (Phi) is 14.1. The number of aliphatic hydroxyl groups excluding tert-OH is 2. The second-order valence-electron chi connectivity index (χ2n) is 5.07. The third-order valence-electron chi connectivity index (χ3n) is 3.13. The summed E-state index contributed by atoms with van der Waals surface area (Å²) in [5.74, 6) is 0. The first kappa shape index (κ1) is 18.8. The molecule has 0 bridgehead atoms. The first-order valence-electron chi connectivity index (χ1n) is 7.54. The van der Waals surface area contributed by atoms with Crippen LogP contribution in [0.1, 0.15) is 51.4 Å². The van der Waals surface area contributed by atoms with Gasteiger partial charge in [0.05, 0.1) is 12.2 Å². The number of aliphatic hydroxyl groups is 2. The predicted octanol–water partition coefficient (Wildman–Crippen LogP) is 0.763. The Morgan fingerprint density at radius 1 is 0.684 bits per heavy atom. The van der Waals surface area contributed by atoms with Gasteiger partial charge in [-0.25, -0.2) is 0 Å². The maximum atomic E-state index is 9.58. The average Bonchev–Trinajstić information content (AvgIpc) is 2.41. The standard InChI is InChI=1S/C14H32N2O3/c15-9-1-5-13(17)7-3-11-19-12-4-8-14(18)6-2-10-16/h13-14,17-18H,1-12,15-16H2. The van der Waals surface area contributed by atoms with Gasteiger partial charge in [0.25, 0.3) is 0 Å². The van der Waals surface area contributed by atoms with Crippen LogP contribution in [0.2, 0.25) is 0 Å². The molecular weight excluding hydrogens is 244 g/mol. The lowest BCUT2D eigenvalue weighted by Crippen LogP contribution is -2.12. The SMILES string of the molecule is NCCCC(O)CCCOCCCC(O)CCCN. The van der Waals surface area contributed by atoms with Gasteiger partial charge in [0.1, 0.15) is 0 Å². The van der Waals surface area contributed by atoms with Crippen molar-refractivity contribution in [3.8, 4) is 0 Å². The molecule has 116 valence electrons. The first-order valence-corrected chi connectivity index (χ1v) is 7.54. The van der Waals surface area contributed by atoms with Crippen molar-refractivity contribution in [1.82, 2.24) is 0 Å². The highest BCUT2D eigenvalue weighted by Gasteiger charge is 2.04. The zero-order valence-electron chi connectivity index (χ0n) is 12.1. The molecule has 0 aromatic rings. The van der Waals surface area contributed by atoms with E-state index in [-0.39, 0.29) is 12.2 Å². The van der Waals surface area contributed by atoms with Crippen LogP contribution in [0.3, 0.4) is 0 Å². The van der Waals surface area contributed by atoms with Gasteiger partial charge in [0.15, 0.2) is 0 Å². The van der Waals surface area contributed by atoms with E-state index in [4.69, 9.17) is 16.2 Å². The molecule has 6 N–H and O–H groups in total.